The van der Waals surface area contributed by atoms with Crippen LogP contribution in [-0.2, 0) is 4.79 Å². The summed E-state index contributed by atoms with van der Waals surface area (Å²) in [5, 5.41) is 0. The molecule has 0 heterocycles. The molecule has 2 nitrogen and oxygen atoms in total. The van der Waals surface area contributed by atoms with Gasteiger partial charge in [-0.25, -0.2) is 0 Å². The van der Waals surface area contributed by atoms with Gasteiger partial charge < -0.3 is 4.90 Å². The van der Waals surface area contributed by atoms with Crippen LogP contribution in [0.3, 0.4) is 0 Å². The fourth-order valence-electron chi connectivity index (χ4n) is 2.65. The van der Waals surface area contributed by atoms with Crippen molar-refractivity contribution in [2.24, 2.45) is 11.8 Å². The molecule has 0 fully saturated rings. The van der Waals surface area contributed by atoms with E-state index >= 15 is 0 Å². The van der Waals surface area contributed by atoms with E-state index in [9.17, 15) is 4.79 Å². The number of allylic oxidation sites excluding steroid dienone is 1. The molecule has 0 bridgehead atoms. The lowest BCUT2D eigenvalue weighted by atomic mass is 9.84. The molecule has 0 aliphatic rings. The third-order valence-electron chi connectivity index (χ3n) is 3.62. The molecule has 0 aliphatic heterocycles. The Labute approximate surface area is 107 Å². The summed E-state index contributed by atoms with van der Waals surface area (Å²) in [5.74, 6) is 1.25. The van der Waals surface area contributed by atoms with E-state index in [2.05, 4.69) is 34.3 Å². The Morgan fingerprint density at radius 2 is 1.76 bits per heavy atom. The van der Waals surface area contributed by atoms with Crippen molar-refractivity contribution in [1.82, 2.24) is 4.90 Å². The molecule has 0 rings (SSSR count). The van der Waals surface area contributed by atoms with Gasteiger partial charge in [0.2, 0.25) is 5.91 Å². The first-order valence-corrected chi connectivity index (χ1v) is 6.75. The number of amides is 1. The van der Waals surface area contributed by atoms with Crippen molar-refractivity contribution in [2.45, 2.75) is 59.9 Å². The summed E-state index contributed by atoms with van der Waals surface area (Å²) in [6, 6.07) is 0.323. The molecule has 100 valence electrons. The van der Waals surface area contributed by atoms with E-state index in [0.29, 0.717) is 24.3 Å². The molecule has 0 N–H and O–H groups in total. The molecule has 0 saturated carbocycles. The van der Waals surface area contributed by atoms with E-state index in [0.717, 1.165) is 12.8 Å². The lowest BCUT2D eigenvalue weighted by Gasteiger charge is -2.37. The molecule has 3 atom stereocenters. The summed E-state index contributed by atoms with van der Waals surface area (Å²) >= 11 is 0. The summed E-state index contributed by atoms with van der Waals surface area (Å²) < 4.78 is 0. The molecular weight excluding hydrogens is 210 g/mol. The first-order valence-electron chi connectivity index (χ1n) is 6.75. The lowest BCUT2D eigenvalue weighted by Crippen LogP contribution is -2.44. The average Bonchev–Trinajstić information content (AvgIpc) is 2.26. The van der Waals surface area contributed by atoms with Crippen molar-refractivity contribution in [1.29, 1.82) is 0 Å². The van der Waals surface area contributed by atoms with Crippen LogP contribution in [0, 0.1) is 11.8 Å². The van der Waals surface area contributed by atoms with Gasteiger partial charge in [-0.05, 0) is 25.2 Å². The second kappa shape index (κ2) is 7.52. The van der Waals surface area contributed by atoms with E-state index in [1.165, 1.54) is 5.57 Å². The monoisotopic (exact) mass is 239 g/mol. The summed E-state index contributed by atoms with van der Waals surface area (Å²) in [7, 11) is 1.94. The Balaban J connectivity index is 4.86. The molecule has 0 aliphatic carbocycles. The Kier molecular flexibility index (Phi) is 7.17. The van der Waals surface area contributed by atoms with Gasteiger partial charge in [-0.2, -0.15) is 0 Å². The van der Waals surface area contributed by atoms with Crippen molar-refractivity contribution in [3.63, 3.8) is 0 Å². The average molecular weight is 239 g/mol. The second-order valence-electron chi connectivity index (χ2n) is 5.37. The fraction of sp³-hybridized carbons (Fsp3) is 0.800. The van der Waals surface area contributed by atoms with Crippen LogP contribution < -0.4 is 0 Å². The van der Waals surface area contributed by atoms with Gasteiger partial charge in [-0.1, -0.05) is 39.7 Å². The zero-order valence-electron chi connectivity index (χ0n) is 12.4. The zero-order valence-corrected chi connectivity index (χ0v) is 12.4. The van der Waals surface area contributed by atoms with Crippen LogP contribution in [0.2, 0.25) is 0 Å². The Hall–Kier alpha value is -0.790. The van der Waals surface area contributed by atoms with Crippen LogP contribution in [0.5, 0.6) is 0 Å². The smallest absolute Gasteiger partial charge is 0.222 e. The Bertz CT molecular complexity index is 260. The maximum Gasteiger partial charge on any atom is 0.222 e. The van der Waals surface area contributed by atoms with Gasteiger partial charge in [0.05, 0.1) is 0 Å². The summed E-state index contributed by atoms with van der Waals surface area (Å²) in [4.78, 5) is 13.8. The van der Waals surface area contributed by atoms with E-state index in [1.54, 1.807) is 0 Å². The van der Waals surface area contributed by atoms with Crippen LogP contribution in [-0.4, -0.2) is 23.9 Å². The fourth-order valence-corrected chi connectivity index (χ4v) is 2.65. The van der Waals surface area contributed by atoms with Gasteiger partial charge in [-0.3, -0.25) is 4.79 Å². The van der Waals surface area contributed by atoms with E-state index in [1.807, 2.05) is 18.9 Å². The number of nitrogens with zero attached hydrogens (tertiary/aromatic N) is 1. The normalized spacial score (nSPS) is 16.1. The minimum atomic E-state index is 0.240. The summed E-state index contributed by atoms with van der Waals surface area (Å²) in [6.45, 7) is 14.6. The molecule has 0 radical (unpaired) electrons. The van der Waals surface area contributed by atoms with Gasteiger partial charge in [0.25, 0.3) is 0 Å². The predicted octanol–water partition coefficient (Wildman–Crippen LogP) is 3.87. The SMILES string of the molecule is C=C(C)C[C@@H](C)C([C@@H](C)CC)N(C)C(=O)CC. The maximum absolute atomic E-state index is 11.9. The van der Waals surface area contributed by atoms with Crippen LogP contribution in [0.1, 0.15) is 53.9 Å². The number of hydrogen-bond acceptors (Lipinski definition) is 1. The quantitative estimate of drug-likeness (QED) is 0.618. The predicted molar refractivity (Wildman–Crippen MR) is 74.9 cm³/mol. The summed E-state index contributed by atoms with van der Waals surface area (Å²) in [6.07, 6.45) is 2.69. The molecule has 1 amide bonds. The minimum Gasteiger partial charge on any atom is -0.342 e. The highest BCUT2D eigenvalue weighted by Gasteiger charge is 2.28. The highest BCUT2D eigenvalue weighted by atomic mass is 16.2. The number of hydrogen-bond donors (Lipinski definition) is 0. The molecule has 2 heteroatoms. The topological polar surface area (TPSA) is 20.3 Å². The number of rotatable bonds is 7. The molecule has 0 saturated heterocycles. The first-order chi connectivity index (χ1) is 7.84. The highest BCUT2D eigenvalue weighted by molar-refractivity contribution is 5.75. The number of carbonyl (C=O) groups is 1. The van der Waals surface area contributed by atoms with Crippen LogP contribution in [0.25, 0.3) is 0 Å². The maximum atomic E-state index is 11.9. The molecular formula is C15H29NO. The van der Waals surface area contributed by atoms with Crippen LogP contribution >= 0.6 is 0 Å². The molecule has 0 aromatic heterocycles. The van der Waals surface area contributed by atoms with Gasteiger partial charge in [0.1, 0.15) is 0 Å². The van der Waals surface area contributed by atoms with Crippen molar-refractivity contribution in [3.05, 3.63) is 12.2 Å². The lowest BCUT2D eigenvalue weighted by molar-refractivity contribution is -0.133. The second-order valence-corrected chi connectivity index (χ2v) is 5.37. The Morgan fingerprint density at radius 3 is 2.12 bits per heavy atom. The molecule has 1 unspecified atom stereocenters. The zero-order chi connectivity index (χ0) is 13.6. The number of carbonyl (C=O) groups excluding carboxylic acids is 1. The standard InChI is InChI=1S/C15H29NO/c1-8-12(5)15(13(6)10-11(3)4)16(7)14(17)9-2/h12-13,15H,3,8-10H2,1-2,4-7H3/t12-,13+,15?/m0/s1. The van der Waals surface area contributed by atoms with Crippen LogP contribution in [0.15, 0.2) is 12.2 Å². The third kappa shape index (κ3) is 4.93. The van der Waals surface area contributed by atoms with Gasteiger partial charge in [0.15, 0.2) is 0 Å². The minimum absolute atomic E-state index is 0.240. The highest BCUT2D eigenvalue weighted by Crippen LogP contribution is 2.26. The van der Waals surface area contributed by atoms with E-state index in [4.69, 9.17) is 0 Å². The van der Waals surface area contributed by atoms with Crippen molar-refractivity contribution < 1.29 is 4.79 Å². The largest absolute Gasteiger partial charge is 0.342 e. The van der Waals surface area contributed by atoms with Crippen molar-refractivity contribution >= 4 is 5.91 Å². The van der Waals surface area contributed by atoms with E-state index < -0.39 is 0 Å². The molecule has 17 heavy (non-hydrogen) atoms. The van der Waals surface area contributed by atoms with Crippen molar-refractivity contribution in [2.75, 3.05) is 7.05 Å². The molecule has 0 aromatic rings. The van der Waals surface area contributed by atoms with Crippen LogP contribution in [0.4, 0.5) is 0 Å². The van der Waals surface area contributed by atoms with Gasteiger partial charge >= 0.3 is 0 Å². The van der Waals surface area contributed by atoms with Crippen molar-refractivity contribution in [3.8, 4) is 0 Å². The van der Waals surface area contributed by atoms with E-state index in [-0.39, 0.29) is 5.91 Å². The van der Waals surface area contributed by atoms with Gasteiger partial charge in [0, 0.05) is 19.5 Å². The Morgan fingerprint density at radius 1 is 1.24 bits per heavy atom. The van der Waals surface area contributed by atoms with Gasteiger partial charge in [-0.15, -0.1) is 6.58 Å². The first kappa shape index (κ1) is 16.2. The molecule has 0 aromatic carbocycles. The third-order valence-corrected chi connectivity index (χ3v) is 3.62. The molecule has 0 spiro atoms. The summed E-state index contributed by atoms with van der Waals surface area (Å²) in [5.41, 5.74) is 1.20.